The van der Waals surface area contributed by atoms with Crippen molar-refractivity contribution in [2.75, 3.05) is 26.8 Å². The van der Waals surface area contributed by atoms with Crippen LogP contribution in [0.15, 0.2) is 28.7 Å². The molecule has 10 heteroatoms. The number of benzene rings is 1. The van der Waals surface area contributed by atoms with Gasteiger partial charge in [0, 0.05) is 19.0 Å². The summed E-state index contributed by atoms with van der Waals surface area (Å²) in [6, 6.07) is 6.99. The molecule has 2 heterocycles. The summed E-state index contributed by atoms with van der Waals surface area (Å²) in [5, 5.41) is 6.53. The van der Waals surface area contributed by atoms with E-state index in [0.29, 0.717) is 37.4 Å². The fourth-order valence-electron chi connectivity index (χ4n) is 2.86. The zero-order chi connectivity index (χ0) is 19.4. The molecule has 0 spiro atoms. The highest BCUT2D eigenvalue weighted by molar-refractivity contribution is 5.78. The number of nitrogens with zero attached hydrogens (tertiary/aromatic N) is 3. The van der Waals surface area contributed by atoms with Gasteiger partial charge >= 0.3 is 12.1 Å². The Bertz CT molecular complexity index is 786. The minimum absolute atomic E-state index is 0.0419. The molecule has 1 aromatic carbocycles. The minimum Gasteiger partial charge on any atom is -0.493 e. The number of piperidine rings is 1. The molecular formula is C17H18F3N3O4. The summed E-state index contributed by atoms with van der Waals surface area (Å²) in [4.78, 5) is 13.9. The summed E-state index contributed by atoms with van der Waals surface area (Å²) in [5.41, 5.74) is 0. The molecule has 3 rings (SSSR count). The number of carbonyl (C=O) groups is 1. The second kappa shape index (κ2) is 7.85. The molecule has 0 saturated carbocycles. The molecule has 146 valence electrons. The topological polar surface area (TPSA) is 77.7 Å². The fourth-order valence-corrected chi connectivity index (χ4v) is 2.86. The van der Waals surface area contributed by atoms with Crippen LogP contribution in [0.3, 0.4) is 0 Å². The van der Waals surface area contributed by atoms with Gasteiger partial charge in [0.25, 0.3) is 5.91 Å². The van der Waals surface area contributed by atoms with Crippen molar-refractivity contribution in [1.29, 1.82) is 0 Å². The predicted molar refractivity (Wildman–Crippen MR) is 86.3 cm³/mol. The van der Waals surface area contributed by atoms with Crippen LogP contribution >= 0.6 is 0 Å². The number of hydrogen-bond donors (Lipinski definition) is 0. The molecule has 0 bridgehead atoms. The number of alkyl halides is 3. The first kappa shape index (κ1) is 19.0. The second-order valence-corrected chi connectivity index (χ2v) is 6.04. The molecule has 0 unspecified atom stereocenters. The summed E-state index contributed by atoms with van der Waals surface area (Å²) in [6.07, 6.45) is -3.77. The molecule has 1 aromatic heterocycles. The van der Waals surface area contributed by atoms with Gasteiger partial charge in [-0.15, -0.1) is 10.2 Å². The van der Waals surface area contributed by atoms with Crippen LogP contribution in [0.5, 0.6) is 11.5 Å². The number of methoxy groups -OCH3 is 1. The van der Waals surface area contributed by atoms with Gasteiger partial charge in [0.1, 0.15) is 0 Å². The average Bonchev–Trinajstić information content (AvgIpc) is 3.17. The number of likely N-dealkylation sites (tertiary alicyclic amines) is 1. The molecule has 1 aliphatic heterocycles. The first-order valence-corrected chi connectivity index (χ1v) is 8.32. The van der Waals surface area contributed by atoms with Crippen LogP contribution in [0, 0.1) is 0 Å². The van der Waals surface area contributed by atoms with Crippen molar-refractivity contribution in [3.63, 3.8) is 0 Å². The minimum atomic E-state index is -4.66. The zero-order valence-electron chi connectivity index (χ0n) is 14.5. The molecule has 0 radical (unpaired) electrons. The van der Waals surface area contributed by atoms with Crippen LogP contribution in [-0.2, 0) is 11.0 Å². The quantitative estimate of drug-likeness (QED) is 0.788. The van der Waals surface area contributed by atoms with E-state index in [0.717, 1.165) is 0 Å². The molecule has 0 atom stereocenters. The largest absolute Gasteiger partial charge is 0.493 e. The Hall–Kier alpha value is -2.78. The lowest BCUT2D eigenvalue weighted by molar-refractivity contribution is -0.157. The highest BCUT2D eigenvalue weighted by Gasteiger charge is 2.39. The molecule has 1 fully saturated rings. The van der Waals surface area contributed by atoms with Crippen molar-refractivity contribution in [3.8, 4) is 11.5 Å². The monoisotopic (exact) mass is 385 g/mol. The lowest BCUT2D eigenvalue weighted by Gasteiger charge is -2.30. The summed E-state index contributed by atoms with van der Waals surface area (Å²) in [5.74, 6) is -0.899. The number of ether oxygens (including phenoxy) is 2. The van der Waals surface area contributed by atoms with Gasteiger partial charge in [-0.2, -0.15) is 13.2 Å². The number of carbonyl (C=O) groups excluding carboxylic acids is 1. The highest BCUT2D eigenvalue weighted by Crippen LogP contribution is 2.32. The van der Waals surface area contributed by atoms with E-state index < -0.39 is 12.1 Å². The first-order valence-electron chi connectivity index (χ1n) is 8.32. The van der Waals surface area contributed by atoms with Gasteiger partial charge in [-0.3, -0.25) is 4.79 Å². The number of amides is 1. The first-order chi connectivity index (χ1) is 12.9. The Morgan fingerprint density at radius 1 is 1.22 bits per heavy atom. The SMILES string of the molecule is COc1ccccc1OCC(=O)N1CCC(c2nnc(C(F)(F)F)o2)CC1. The second-order valence-electron chi connectivity index (χ2n) is 6.04. The van der Waals surface area contributed by atoms with Crippen molar-refractivity contribution in [3.05, 3.63) is 36.0 Å². The van der Waals surface area contributed by atoms with Crippen LogP contribution in [0.2, 0.25) is 0 Å². The third-order valence-electron chi connectivity index (χ3n) is 4.30. The molecule has 2 aromatic rings. The molecular weight excluding hydrogens is 367 g/mol. The average molecular weight is 385 g/mol. The van der Waals surface area contributed by atoms with Gasteiger partial charge in [-0.05, 0) is 25.0 Å². The summed E-state index contributed by atoms with van der Waals surface area (Å²) < 4.78 is 53.0. The van der Waals surface area contributed by atoms with Crippen LogP contribution in [-0.4, -0.2) is 47.8 Å². The van der Waals surface area contributed by atoms with E-state index in [1.54, 1.807) is 29.2 Å². The van der Waals surface area contributed by atoms with E-state index in [1.165, 1.54) is 7.11 Å². The van der Waals surface area contributed by atoms with E-state index >= 15 is 0 Å². The smallest absolute Gasteiger partial charge is 0.470 e. The van der Waals surface area contributed by atoms with E-state index in [-0.39, 0.29) is 24.3 Å². The van der Waals surface area contributed by atoms with E-state index in [4.69, 9.17) is 13.9 Å². The summed E-state index contributed by atoms with van der Waals surface area (Å²) in [7, 11) is 1.51. The van der Waals surface area contributed by atoms with Crippen LogP contribution in [0.4, 0.5) is 13.2 Å². The van der Waals surface area contributed by atoms with E-state index in [1.807, 2.05) is 0 Å². The molecule has 1 saturated heterocycles. The number of hydrogen-bond acceptors (Lipinski definition) is 6. The summed E-state index contributed by atoms with van der Waals surface area (Å²) >= 11 is 0. The Morgan fingerprint density at radius 2 is 1.89 bits per heavy atom. The molecule has 0 N–H and O–H groups in total. The maximum Gasteiger partial charge on any atom is 0.470 e. The van der Waals surface area contributed by atoms with Crippen LogP contribution < -0.4 is 9.47 Å². The van der Waals surface area contributed by atoms with Crippen LogP contribution in [0.1, 0.15) is 30.5 Å². The van der Waals surface area contributed by atoms with Gasteiger partial charge in [0.2, 0.25) is 5.89 Å². The lowest BCUT2D eigenvalue weighted by Crippen LogP contribution is -2.40. The molecule has 1 aliphatic rings. The third kappa shape index (κ3) is 4.50. The highest BCUT2D eigenvalue weighted by atomic mass is 19.4. The van der Waals surface area contributed by atoms with Gasteiger partial charge in [0.15, 0.2) is 18.1 Å². The Morgan fingerprint density at radius 3 is 2.48 bits per heavy atom. The standard InChI is InChI=1S/C17H18F3N3O4/c1-25-12-4-2-3-5-13(12)26-10-14(24)23-8-6-11(7-9-23)15-21-22-16(27-15)17(18,19)20/h2-5,11H,6-10H2,1H3. The molecule has 7 nitrogen and oxygen atoms in total. The zero-order valence-corrected chi connectivity index (χ0v) is 14.5. The van der Waals surface area contributed by atoms with Gasteiger partial charge < -0.3 is 18.8 Å². The molecule has 27 heavy (non-hydrogen) atoms. The number of aromatic nitrogens is 2. The number of rotatable bonds is 5. The molecule has 0 aliphatic carbocycles. The lowest BCUT2D eigenvalue weighted by atomic mass is 9.97. The fraction of sp³-hybridized carbons (Fsp3) is 0.471. The van der Waals surface area contributed by atoms with Crippen molar-refractivity contribution in [1.82, 2.24) is 15.1 Å². The van der Waals surface area contributed by atoms with Crippen molar-refractivity contribution >= 4 is 5.91 Å². The normalized spacial score (nSPS) is 15.6. The van der Waals surface area contributed by atoms with Crippen LogP contribution in [0.25, 0.3) is 0 Å². The predicted octanol–water partition coefficient (Wildman–Crippen LogP) is 2.88. The third-order valence-corrected chi connectivity index (χ3v) is 4.30. The Balaban J connectivity index is 1.51. The maximum absolute atomic E-state index is 12.5. The van der Waals surface area contributed by atoms with Crippen molar-refractivity contribution in [2.45, 2.75) is 24.9 Å². The van der Waals surface area contributed by atoms with Gasteiger partial charge in [-0.25, -0.2) is 0 Å². The van der Waals surface area contributed by atoms with E-state index in [9.17, 15) is 18.0 Å². The number of halogens is 3. The Kier molecular flexibility index (Phi) is 5.52. The van der Waals surface area contributed by atoms with Crippen molar-refractivity contribution < 1.29 is 31.9 Å². The van der Waals surface area contributed by atoms with E-state index in [2.05, 4.69) is 10.2 Å². The number of para-hydroxylation sites is 2. The summed E-state index contributed by atoms with van der Waals surface area (Å²) in [6.45, 7) is 0.606. The molecule has 1 amide bonds. The maximum atomic E-state index is 12.5. The van der Waals surface area contributed by atoms with Gasteiger partial charge in [-0.1, -0.05) is 12.1 Å². The van der Waals surface area contributed by atoms with Gasteiger partial charge in [0.05, 0.1) is 7.11 Å². The Labute approximate surface area is 153 Å². The van der Waals surface area contributed by atoms with Crippen molar-refractivity contribution in [2.24, 2.45) is 0 Å².